The molecule has 16 heavy (non-hydrogen) atoms. The van der Waals surface area contributed by atoms with Gasteiger partial charge in [0.15, 0.2) is 0 Å². The van der Waals surface area contributed by atoms with Crippen molar-refractivity contribution < 1.29 is 0 Å². The normalized spacial score (nSPS) is 10.8. The van der Waals surface area contributed by atoms with Crippen LogP contribution in [0.5, 0.6) is 0 Å². The van der Waals surface area contributed by atoms with E-state index in [1.54, 1.807) is 0 Å². The molecule has 0 amide bonds. The minimum Gasteiger partial charge on any atom is -0.384 e. The Kier molecular flexibility index (Phi) is 5.35. The number of hydrogen-bond acceptors (Lipinski definition) is 2. The number of nitrogens with one attached hydrogen (secondary N) is 1. The van der Waals surface area contributed by atoms with E-state index in [0.29, 0.717) is 0 Å². The van der Waals surface area contributed by atoms with E-state index in [9.17, 15) is 0 Å². The maximum atomic E-state index is 7.38. The van der Waals surface area contributed by atoms with Gasteiger partial charge in [0.25, 0.3) is 0 Å². The van der Waals surface area contributed by atoms with E-state index in [2.05, 4.69) is 29.8 Å². The standard InChI is InChI=1S/C12H17BrN2S/c1-8(2)5-6-16-9-3-4-10(12(14)15)11(13)7-9/h3-4,7-8H,5-6H2,1-2H3,(H3,14,15). The highest BCUT2D eigenvalue weighted by atomic mass is 79.9. The van der Waals surface area contributed by atoms with Crippen molar-refractivity contribution in [2.24, 2.45) is 11.7 Å². The van der Waals surface area contributed by atoms with Crippen molar-refractivity contribution >= 4 is 33.5 Å². The van der Waals surface area contributed by atoms with Gasteiger partial charge in [-0.3, -0.25) is 5.41 Å². The fraction of sp³-hybridized carbons (Fsp3) is 0.417. The molecule has 1 rings (SSSR count). The van der Waals surface area contributed by atoms with Gasteiger partial charge in [-0.1, -0.05) is 13.8 Å². The predicted molar refractivity (Wildman–Crippen MR) is 75.3 cm³/mol. The van der Waals surface area contributed by atoms with Crippen molar-refractivity contribution in [1.29, 1.82) is 5.41 Å². The van der Waals surface area contributed by atoms with Gasteiger partial charge in [-0.2, -0.15) is 0 Å². The van der Waals surface area contributed by atoms with E-state index in [1.807, 2.05) is 30.0 Å². The predicted octanol–water partition coefficient (Wildman–Crippen LogP) is 3.87. The van der Waals surface area contributed by atoms with Crippen LogP contribution in [0.4, 0.5) is 0 Å². The van der Waals surface area contributed by atoms with Gasteiger partial charge in [0.05, 0.1) is 0 Å². The molecule has 0 radical (unpaired) electrons. The first-order chi connectivity index (χ1) is 7.50. The van der Waals surface area contributed by atoms with Crippen LogP contribution in [0.3, 0.4) is 0 Å². The molecular weight excluding hydrogens is 284 g/mol. The quantitative estimate of drug-likeness (QED) is 0.493. The Labute approximate surface area is 110 Å². The zero-order chi connectivity index (χ0) is 12.1. The SMILES string of the molecule is CC(C)CCSc1ccc(C(=N)N)c(Br)c1. The summed E-state index contributed by atoms with van der Waals surface area (Å²) in [5, 5.41) is 7.38. The first-order valence-corrected chi connectivity index (χ1v) is 7.05. The fourth-order valence-corrected chi connectivity index (χ4v) is 3.15. The van der Waals surface area contributed by atoms with Crippen molar-refractivity contribution in [2.75, 3.05) is 5.75 Å². The molecule has 88 valence electrons. The lowest BCUT2D eigenvalue weighted by Crippen LogP contribution is -2.11. The summed E-state index contributed by atoms with van der Waals surface area (Å²) in [7, 11) is 0. The van der Waals surface area contributed by atoms with Crippen LogP contribution >= 0.6 is 27.7 Å². The first kappa shape index (κ1) is 13.6. The van der Waals surface area contributed by atoms with Gasteiger partial charge in [0, 0.05) is 14.9 Å². The molecule has 0 aliphatic carbocycles. The van der Waals surface area contributed by atoms with Crippen LogP contribution in [0.25, 0.3) is 0 Å². The lowest BCUT2D eigenvalue weighted by molar-refractivity contribution is 0.632. The molecule has 0 aliphatic rings. The average molecular weight is 301 g/mol. The monoisotopic (exact) mass is 300 g/mol. The second kappa shape index (κ2) is 6.30. The van der Waals surface area contributed by atoms with Gasteiger partial charge in [-0.25, -0.2) is 0 Å². The number of nitrogen functional groups attached to an aromatic ring is 1. The van der Waals surface area contributed by atoms with E-state index in [0.717, 1.165) is 21.7 Å². The summed E-state index contributed by atoms with van der Waals surface area (Å²) < 4.78 is 0.898. The third-order valence-electron chi connectivity index (χ3n) is 2.19. The zero-order valence-corrected chi connectivity index (χ0v) is 12.0. The molecule has 0 saturated heterocycles. The number of nitrogens with two attached hydrogens (primary N) is 1. The molecular formula is C12H17BrN2S. The topological polar surface area (TPSA) is 49.9 Å². The summed E-state index contributed by atoms with van der Waals surface area (Å²) >= 11 is 5.28. The van der Waals surface area contributed by atoms with E-state index in [-0.39, 0.29) is 5.84 Å². The Morgan fingerprint density at radius 3 is 2.69 bits per heavy atom. The highest BCUT2D eigenvalue weighted by Crippen LogP contribution is 2.26. The van der Waals surface area contributed by atoms with Crippen molar-refractivity contribution in [1.82, 2.24) is 0 Å². The first-order valence-electron chi connectivity index (χ1n) is 5.27. The van der Waals surface area contributed by atoms with Gasteiger partial charge in [-0.05, 0) is 52.2 Å². The molecule has 0 bridgehead atoms. The summed E-state index contributed by atoms with van der Waals surface area (Å²) in [5.41, 5.74) is 6.21. The molecule has 0 unspecified atom stereocenters. The number of benzene rings is 1. The fourth-order valence-electron chi connectivity index (χ4n) is 1.22. The minimum absolute atomic E-state index is 0.102. The number of amidine groups is 1. The molecule has 1 aromatic carbocycles. The highest BCUT2D eigenvalue weighted by Gasteiger charge is 2.04. The molecule has 2 nitrogen and oxygen atoms in total. The number of halogens is 1. The van der Waals surface area contributed by atoms with Crippen LogP contribution < -0.4 is 5.73 Å². The van der Waals surface area contributed by atoms with E-state index in [1.165, 1.54) is 11.3 Å². The van der Waals surface area contributed by atoms with Crippen LogP contribution in [0.1, 0.15) is 25.8 Å². The Bertz CT molecular complexity index is 377. The Balaban J connectivity index is 2.63. The highest BCUT2D eigenvalue weighted by molar-refractivity contribution is 9.10. The van der Waals surface area contributed by atoms with Gasteiger partial charge in [0.1, 0.15) is 5.84 Å². The molecule has 3 N–H and O–H groups in total. The molecule has 0 atom stereocenters. The van der Waals surface area contributed by atoms with Crippen molar-refractivity contribution in [3.63, 3.8) is 0 Å². The van der Waals surface area contributed by atoms with Crippen molar-refractivity contribution in [2.45, 2.75) is 25.2 Å². The zero-order valence-electron chi connectivity index (χ0n) is 9.59. The van der Waals surface area contributed by atoms with Gasteiger partial charge < -0.3 is 5.73 Å². The molecule has 0 aliphatic heterocycles. The molecule has 0 saturated carbocycles. The van der Waals surface area contributed by atoms with Gasteiger partial charge >= 0.3 is 0 Å². The van der Waals surface area contributed by atoms with Crippen LogP contribution in [0.15, 0.2) is 27.6 Å². The van der Waals surface area contributed by atoms with E-state index >= 15 is 0 Å². The van der Waals surface area contributed by atoms with Gasteiger partial charge in [0.2, 0.25) is 0 Å². The Hall–Kier alpha value is -0.480. The largest absolute Gasteiger partial charge is 0.384 e. The summed E-state index contributed by atoms with van der Waals surface area (Å²) in [6, 6.07) is 5.94. The summed E-state index contributed by atoms with van der Waals surface area (Å²) in [6.07, 6.45) is 1.22. The second-order valence-electron chi connectivity index (χ2n) is 4.09. The van der Waals surface area contributed by atoms with Crippen LogP contribution in [0.2, 0.25) is 0 Å². The average Bonchev–Trinajstić information content (AvgIpc) is 2.16. The van der Waals surface area contributed by atoms with Gasteiger partial charge in [-0.15, -0.1) is 11.8 Å². The summed E-state index contributed by atoms with van der Waals surface area (Å²) in [4.78, 5) is 1.22. The van der Waals surface area contributed by atoms with Crippen molar-refractivity contribution in [3.8, 4) is 0 Å². The number of rotatable bonds is 5. The third-order valence-corrected chi connectivity index (χ3v) is 3.88. The van der Waals surface area contributed by atoms with E-state index in [4.69, 9.17) is 11.1 Å². The molecule has 0 heterocycles. The van der Waals surface area contributed by atoms with Crippen LogP contribution in [-0.2, 0) is 0 Å². The van der Waals surface area contributed by atoms with Crippen molar-refractivity contribution in [3.05, 3.63) is 28.2 Å². The Morgan fingerprint density at radius 2 is 2.19 bits per heavy atom. The second-order valence-corrected chi connectivity index (χ2v) is 6.11. The number of hydrogen-bond donors (Lipinski definition) is 2. The Morgan fingerprint density at radius 1 is 1.50 bits per heavy atom. The lowest BCUT2D eigenvalue weighted by atomic mass is 10.2. The third kappa shape index (κ3) is 4.18. The molecule has 0 aromatic heterocycles. The minimum atomic E-state index is 0.102. The molecule has 0 spiro atoms. The van der Waals surface area contributed by atoms with Crippen LogP contribution in [-0.4, -0.2) is 11.6 Å². The maximum absolute atomic E-state index is 7.38. The van der Waals surface area contributed by atoms with Crippen LogP contribution in [0, 0.1) is 11.3 Å². The molecule has 4 heteroatoms. The summed E-state index contributed by atoms with van der Waals surface area (Å²) in [6.45, 7) is 4.46. The van der Waals surface area contributed by atoms with E-state index < -0.39 is 0 Å². The smallest absolute Gasteiger partial charge is 0.123 e. The maximum Gasteiger partial charge on any atom is 0.123 e. The molecule has 1 aromatic rings. The number of thioether (sulfide) groups is 1. The molecule has 0 fully saturated rings. The summed E-state index contributed by atoms with van der Waals surface area (Å²) in [5.74, 6) is 1.97. The lowest BCUT2D eigenvalue weighted by Gasteiger charge is -2.07.